The molecule has 5 heteroatoms. The van der Waals surface area contributed by atoms with Gasteiger partial charge in [-0.1, -0.05) is 29.8 Å². The van der Waals surface area contributed by atoms with Crippen molar-refractivity contribution < 1.29 is 9.53 Å². The number of hydrogen-bond acceptors (Lipinski definition) is 4. The van der Waals surface area contributed by atoms with Gasteiger partial charge in [-0.15, -0.1) is 11.8 Å². The van der Waals surface area contributed by atoms with Crippen LogP contribution in [0.3, 0.4) is 0 Å². The summed E-state index contributed by atoms with van der Waals surface area (Å²) in [5, 5.41) is 0.720. The van der Waals surface area contributed by atoms with Crippen LogP contribution in [0.5, 0.6) is 0 Å². The van der Waals surface area contributed by atoms with E-state index in [0.717, 1.165) is 15.5 Å². The molecule has 0 saturated heterocycles. The molecule has 2 N–H and O–H groups in total. The van der Waals surface area contributed by atoms with Crippen molar-refractivity contribution in [2.24, 2.45) is 0 Å². The molecule has 0 aliphatic heterocycles. The first-order chi connectivity index (χ1) is 10.1. The standard InChI is InChI=1S/C16H16ClNO2S/c1-2-20-16(19)13-9-12(18)7-8-15(13)21-10-11-5-3-4-6-14(11)17/h3-9H,2,10,18H2,1H3. The molecule has 0 radical (unpaired) electrons. The Morgan fingerprint density at radius 3 is 2.76 bits per heavy atom. The van der Waals surface area contributed by atoms with Crippen molar-refractivity contribution in [2.45, 2.75) is 17.6 Å². The molecule has 0 aliphatic carbocycles. The highest BCUT2D eigenvalue weighted by molar-refractivity contribution is 7.98. The lowest BCUT2D eigenvalue weighted by molar-refractivity contribution is 0.0522. The Morgan fingerprint density at radius 1 is 1.29 bits per heavy atom. The second kappa shape index (κ2) is 7.38. The molecule has 0 heterocycles. The van der Waals surface area contributed by atoms with E-state index in [1.807, 2.05) is 30.3 Å². The zero-order chi connectivity index (χ0) is 15.2. The van der Waals surface area contributed by atoms with E-state index in [2.05, 4.69) is 0 Å². The van der Waals surface area contributed by atoms with Gasteiger partial charge in [0.2, 0.25) is 0 Å². The van der Waals surface area contributed by atoms with Crippen LogP contribution in [0.4, 0.5) is 5.69 Å². The second-order valence-electron chi connectivity index (χ2n) is 4.36. The van der Waals surface area contributed by atoms with E-state index in [1.54, 1.807) is 19.1 Å². The number of hydrogen-bond donors (Lipinski definition) is 1. The number of rotatable bonds is 5. The molecule has 0 saturated carbocycles. The lowest BCUT2D eigenvalue weighted by Gasteiger charge is -2.10. The third-order valence-corrected chi connectivity index (χ3v) is 4.33. The van der Waals surface area contributed by atoms with E-state index in [9.17, 15) is 4.79 Å². The van der Waals surface area contributed by atoms with Crippen molar-refractivity contribution in [1.29, 1.82) is 0 Å². The minimum atomic E-state index is -0.355. The van der Waals surface area contributed by atoms with Gasteiger partial charge in [0.25, 0.3) is 0 Å². The number of esters is 1. The Kier molecular flexibility index (Phi) is 5.53. The third-order valence-electron chi connectivity index (χ3n) is 2.84. The van der Waals surface area contributed by atoms with Gasteiger partial charge in [-0.05, 0) is 36.8 Å². The maximum absolute atomic E-state index is 12.0. The fourth-order valence-corrected chi connectivity index (χ4v) is 3.12. The molecular weight excluding hydrogens is 306 g/mol. The Morgan fingerprint density at radius 2 is 2.05 bits per heavy atom. The number of carbonyl (C=O) groups excluding carboxylic acids is 1. The number of halogens is 1. The van der Waals surface area contributed by atoms with E-state index in [4.69, 9.17) is 22.1 Å². The third kappa shape index (κ3) is 4.16. The zero-order valence-electron chi connectivity index (χ0n) is 11.6. The molecule has 3 nitrogen and oxygen atoms in total. The van der Waals surface area contributed by atoms with E-state index in [1.165, 1.54) is 11.8 Å². The first-order valence-electron chi connectivity index (χ1n) is 6.54. The largest absolute Gasteiger partial charge is 0.462 e. The number of carbonyl (C=O) groups is 1. The van der Waals surface area contributed by atoms with Crippen LogP contribution in [0.25, 0.3) is 0 Å². The van der Waals surface area contributed by atoms with Gasteiger partial charge in [0.1, 0.15) is 0 Å². The number of thioether (sulfide) groups is 1. The lowest BCUT2D eigenvalue weighted by Crippen LogP contribution is -2.07. The van der Waals surface area contributed by atoms with Crippen LogP contribution in [0.1, 0.15) is 22.8 Å². The minimum Gasteiger partial charge on any atom is -0.462 e. The molecule has 2 aromatic rings. The molecule has 110 valence electrons. The molecule has 0 unspecified atom stereocenters. The van der Waals surface area contributed by atoms with Crippen LogP contribution < -0.4 is 5.73 Å². The highest BCUT2D eigenvalue weighted by atomic mass is 35.5. The van der Waals surface area contributed by atoms with E-state index in [-0.39, 0.29) is 5.97 Å². The van der Waals surface area contributed by atoms with E-state index in [0.29, 0.717) is 23.6 Å². The first-order valence-corrected chi connectivity index (χ1v) is 7.91. The van der Waals surface area contributed by atoms with Gasteiger partial charge in [-0.2, -0.15) is 0 Å². The molecule has 0 spiro atoms. The summed E-state index contributed by atoms with van der Waals surface area (Å²) >= 11 is 7.68. The average Bonchev–Trinajstić information content (AvgIpc) is 2.47. The summed E-state index contributed by atoms with van der Waals surface area (Å²) in [6, 6.07) is 12.9. The molecule has 0 amide bonds. The van der Waals surface area contributed by atoms with Gasteiger partial charge < -0.3 is 10.5 Å². The summed E-state index contributed by atoms with van der Waals surface area (Å²) in [4.78, 5) is 12.8. The lowest BCUT2D eigenvalue weighted by atomic mass is 10.2. The van der Waals surface area contributed by atoms with Crippen molar-refractivity contribution in [3.05, 3.63) is 58.6 Å². The molecule has 0 fully saturated rings. The van der Waals surface area contributed by atoms with Gasteiger partial charge in [-0.3, -0.25) is 0 Å². The van der Waals surface area contributed by atoms with Crippen molar-refractivity contribution >= 4 is 35.0 Å². The molecule has 0 bridgehead atoms. The Balaban J connectivity index is 2.20. The molecule has 2 rings (SSSR count). The smallest absolute Gasteiger partial charge is 0.339 e. The quantitative estimate of drug-likeness (QED) is 0.504. The highest BCUT2D eigenvalue weighted by Gasteiger charge is 2.14. The summed E-state index contributed by atoms with van der Waals surface area (Å²) < 4.78 is 5.07. The number of nitrogens with two attached hydrogens (primary N) is 1. The normalized spacial score (nSPS) is 10.4. The van der Waals surface area contributed by atoms with E-state index >= 15 is 0 Å². The predicted octanol–water partition coefficient (Wildman–Crippen LogP) is 4.39. The highest BCUT2D eigenvalue weighted by Crippen LogP contribution is 2.30. The predicted molar refractivity (Wildman–Crippen MR) is 87.8 cm³/mol. The van der Waals surface area contributed by atoms with Crippen LogP contribution in [0, 0.1) is 0 Å². The molecule has 0 atom stereocenters. The monoisotopic (exact) mass is 321 g/mol. The van der Waals surface area contributed by atoms with Gasteiger partial charge in [0, 0.05) is 21.4 Å². The van der Waals surface area contributed by atoms with Crippen LogP contribution in [0.15, 0.2) is 47.4 Å². The van der Waals surface area contributed by atoms with Crippen molar-refractivity contribution in [1.82, 2.24) is 0 Å². The summed E-state index contributed by atoms with van der Waals surface area (Å²) in [6.45, 7) is 2.11. The summed E-state index contributed by atoms with van der Waals surface area (Å²) in [5.74, 6) is 0.321. The SMILES string of the molecule is CCOC(=O)c1cc(N)ccc1SCc1ccccc1Cl. The van der Waals surface area contributed by atoms with Crippen LogP contribution in [-0.2, 0) is 10.5 Å². The van der Waals surface area contributed by atoms with Gasteiger partial charge in [-0.25, -0.2) is 4.79 Å². The maximum atomic E-state index is 12.0. The van der Waals surface area contributed by atoms with Crippen molar-refractivity contribution in [2.75, 3.05) is 12.3 Å². The van der Waals surface area contributed by atoms with Gasteiger partial charge in [0.05, 0.1) is 12.2 Å². The van der Waals surface area contributed by atoms with Crippen molar-refractivity contribution in [3.8, 4) is 0 Å². The molecule has 2 aromatic carbocycles. The molecular formula is C16H16ClNO2S. The fraction of sp³-hybridized carbons (Fsp3) is 0.188. The first kappa shape index (κ1) is 15.7. The number of nitrogen functional groups attached to an aromatic ring is 1. The topological polar surface area (TPSA) is 52.3 Å². The fourth-order valence-electron chi connectivity index (χ4n) is 1.81. The zero-order valence-corrected chi connectivity index (χ0v) is 13.2. The summed E-state index contributed by atoms with van der Waals surface area (Å²) in [6.07, 6.45) is 0. The average molecular weight is 322 g/mol. The number of benzene rings is 2. The van der Waals surface area contributed by atoms with Crippen molar-refractivity contribution in [3.63, 3.8) is 0 Å². The maximum Gasteiger partial charge on any atom is 0.339 e. The summed E-state index contributed by atoms with van der Waals surface area (Å²) in [7, 11) is 0. The molecule has 0 aliphatic rings. The van der Waals surface area contributed by atoms with Gasteiger partial charge >= 0.3 is 5.97 Å². The molecule has 21 heavy (non-hydrogen) atoms. The van der Waals surface area contributed by atoms with Gasteiger partial charge in [0.15, 0.2) is 0 Å². The van der Waals surface area contributed by atoms with Crippen LogP contribution in [-0.4, -0.2) is 12.6 Å². The van der Waals surface area contributed by atoms with E-state index < -0.39 is 0 Å². The van der Waals surface area contributed by atoms with Crippen LogP contribution >= 0.6 is 23.4 Å². The number of anilines is 1. The Bertz CT molecular complexity index is 646. The molecule has 0 aromatic heterocycles. The van der Waals surface area contributed by atoms with Crippen LogP contribution in [0.2, 0.25) is 5.02 Å². The number of ether oxygens (including phenoxy) is 1. The second-order valence-corrected chi connectivity index (χ2v) is 5.78. The Hall–Kier alpha value is -1.65. The Labute approximate surface area is 133 Å². The minimum absolute atomic E-state index is 0.336. The summed E-state index contributed by atoms with van der Waals surface area (Å²) in [5.41, 5.74) is 7.81.